The van der Waals surface area contributed by atoms with Gasteiger partial charge in [0.15, 0.2) is 0 Å². The number of benzene rings is 1. The van der Waals surface area contributed by atoms with Gasteiger partial charge in [-0.15, -0.1) is 0 Å². The molecule has 1 unspecified atom stereocenters. The van der Waals surface area contributed by atoms with E-state index in [0.29, 0.717) is 6.42 Å². The van der Waals surface area contributed by atoms with Crippen molar-refractivity contribution in [3.63, 3.8) is 0 Å². The van der Waals surface area contributed by atoms with Gasteiger partial charge < -0.3 is 20.1 Å². The molecule has 1 aliphatic rings. The molecule has 25 heavy (non-hydrogen) atoms. The Labute approximate surface area is 142 Å². The van der Waals surface area contributed by atoms with Crippen molar-refractivity contribution in [3.8, 4) is 5.75 Å². The first-order valence-electron chi connectivity index (χ1n) is 7.57. The number of carbonyl (C=O) groups is 2. The molecule has 0 spiro atoms. The minimum atomic E-state index is -4.58. The maximum absolute atomic E-state index is 13.1. The van der Waals surface area contributed by atoms with Gasteiger partial charge in [-0.05, 0) is 31.0 Å². The van der Waals surface area contributed by atoms with Crippen molar-refractivity contribution in [2.24, 2.45) is 5.41 Å². The van der Waals surface area contributed by atoms with Crippen LogP contribution in [0.3, 0.4) is 0 Å². The number of carboxylic acids is 1. The van der Waals surface area contributed by atoms with Crippen LogP contribution in [0, 0.1) is 5.41 Å². The lowest BCUT2D eigenvalue weighted by Crippen LogP contribution is -2.40. The van der Waals surface area contributed by atoms with Crippen LogP contribution >= 0.6 is 0 Å². The Morgan fingerprint density at radius 1 is 1.40 bits per heavy atom. The second-order valence-electron chi connectivity index (χ2n) is 6.22. The van der Waals surface area contributed by atoms with Crippen LogP contribution in [-0.2, 0) is 17.5 Å². The number of halogens is 3. The zero-order valence-corrected chi connectivity index (χ0v) is 13.8. The second kappa shape index (κ2) is 6.81. The first-order valence-corrected chi connectivity index (χ1v) is 7.57. The summed E-state index contributed by atoms with van der Waals surface area (Å²) in [4.78, 5) is 24.6. The number of alkyl halides is 3. The lowest BCUT2D eigenvalue weighted by atomic mass is 9.90. The molecular formula is C16H19F3N2O4. The summed E-state index contributed by atoms with van der Waals surface area (Å²) in [5, 5.41) is 11.6. The third kappa shape index (κ3) is 4.15. The van der Waals surface area contributed by atoms with Gasteiger partial charge in [0.2, 0.25) is 0 Å². The molecule has 1 aliphatic heterocycles. The summed E-state index contributed by atoms with van der Waals surface area (Å²) in [5.41, 5.74) is -2.01. The first kappa shape index (κ1) is 18.9. The van der Waals surface area contributed by atoms with Gasteiger partial charge >= 0.3 is 18.2 Å². The number of aliphatic carboxylic acids is 1. The lowest BCUT2D eigenvalue weighted by Gasteiger charge is -2.21. The summed E-state index contributed by atoms with van der Waals surface area (Å²) in [6, 6.07) is 2.91. The molecule has 2 N–H and O–H groups in total. The summed E-state index contributed by atoms with van der Waals surface area (Å²) in [6.07, 6.45) is -4.28. The number of methoxy groups -OCH3 is 1. The monoisotopic (exact) mass is 360 g/mol. The van der Waals surface area contributed by atoms with E-state index in [4.69, 9.17) is 9.84 Å². The van der Waals surface area contributed by atoms with Crippen LogP contribution < -0.4 is 10.1 Å². The molecule has 1 aromatic rings. The summed E-state index contributed by atoms with van der Waals surface area (Å²) < 4.78 is 44.2. The van der Waals surface area contributed by atoms with Crippen LogP contribution in [0.4, 0.5) is 18.0 Å². The van der Waals surface area contributed by atoms with Gasteiger partial charge in [-0.2, -0.15) is 13.2 Å². The molecule has 9 heteroatoms. The highest BCUT2D eigenvalue weighted by atomic mass is 19.4. The molecule has 138 valence electrons. The molecule has 0 aliphatic carbocycles. The Morgan fingerprint density at radius 3 is 2.60 bits per heavy atom. The van der Waals surface area contributed by atoms with E-state index in [1.54, 1.807) is 0 Å². The number of carboxylic acid groups (broad SMARTS) is 1. The highest BCUT2D eigenvalue weighted by Crippen LogP contribution is 2.34. The number of amides is 2. The third-order valence-corrected chi connectivity index (χ3v) is 4.33. The van der Waals surface area contributed by atoms with Crippen molar-refractivity contribution in [2.75, 3.05) is 20.2 Å². The summed E-state index contributed by atoms with van der Waals surface area (Å²) in [6.45, 7) is 1.47. The number of carbonyl (C=O) groups excluding carboxylic acids is 1. The molecule has 1 heterocycles. The topological polar surface area (TPSA) is 78.9 Å². The Kier molecular flexibility index (Phi) is 5.15. The number of urea groups is 1. The van der Waals surface area contributed by atoms with E-state index < -0.39 is 29.2 Å². The molecule has 6 nitrogen and oxygen atoms in total. The number of likely N-dealkylation sites (tertiary alicyclic amines) is 1. The van der Waals surface area contributed by atoms with Crippen LogP contribution in [0.15, 0.2) is 18.2 Å². The highest BCUT2D eigenvalue weighted by Gasteiger charge is 2.42. The molecule has 0 bridgehead atoms. The van der Waals surface area contributed by atoms with Gasteiger partial charge in [0.25, 0.3) is 0 Å². The van der Waals surface area contributed by atoms with Crippen LogP contribution in [0.2, 0.25) is 0 Å². The predicted molar refractivity (Wildman–Crippen MR) is 82.2 cm³/mol. The first-order chi connectivity index (χ1) is 11.6. The zero-order chi connectivity index (χ0) is 18.8. The van der Waals surface area contributed by atoms with E-state index in [0.717, 1.165) is 6.07 Å². The minimum Gasteiger partial charge on any atom is -0.497 e. The molecule has 1 atom stereocenters. The standard InChI is InChI=1S/C16H19F3N2O4/c1-15(13(22)23)5-6-21(9-15)14(24)20-8-10-3-4-11(25-2)7-12(10)16(17,18)19/h3-4,7H,5-6,8-9H2,1-2H3,(H,20,24)(H,22,23). The molecule has 1 fully saturated rings. The van der Waals surface area contributed by atoms with Crippen molar-refractivity contribution in [3.05, 3.63) is 29.3 Å². The van der Waals surface area contributed by atoms with E-state index in [2.05, 4.69) is 5.32 Å². The van der Waals surface area contributed by atoms with Gasteiger partial charge in [0, 0.05) is 19.6 Å². The summed E-state index contributed by atoms with van der Waals surface area (Å²) >= 11 is 0. The van der Waals surface area contributed by atoms with Crippen molar-refractivity contribution in [1.29, 1.82) is 0 Å². The molecule has 0 aromatic heterocycles. The van der Waals surface area contributed by atoms with E-state index >= 15 is 0 Å². The largest absolute Gasteiger partial charge is 0.497 e. The van der Waals surface area contributed by atoms with Gasteiger partial charge in [-0.25, -0.2) is 4.79 Å². The molecule has 1 saturated heterocycles. The Morgan fingerprint density at radius 2 is 2.08 bits per heavy atom. The lowest BCUT2D eigenvalue weighted by molar-refractivity contribution is -0.147. The maximum atomic E-state index is 13.1. The molecule has 2 rings (SSSR count). The van der Waals surface area contributed by atoms with E-state index in [1.807, 2.05) is 0 Å². The summed E-state index contributed by atoms with van der Waals surface area (Å²) in [5.74, 6) is -0.934. The Balaban J connectivity index is 2.07. The molecule has 1 aromatic carbocycles. The maximum Gasteiger partial charge on any atom is 0.416 e. The van der Waals surface area contributed by atoms with Crippen molar-refractivity contribution < 1.29 is 32.6 Å². The number of hydrogen-bond donors (Lipinski definition) is 2. The average molecular weight is 360 g/mol. The van der Waals surface area contributed by atoms with Crippen molar-refractivity contribution in [2.45, 2.75) is 26.1 Å². The molecule has 2 amide bonds. The SMILES string of the molecule is COc1ccc(CNC(=O)N2CCC(C)(C(=O)O)C2)c(C(F)(F)F)c1. The van der Waals surface area contributed by atoms with Crippen LogP contribution in [0.1, 0.15) is 24.5 Å². The fourth-order valence-corrected chi connectivity index (χ4v) is 2.69. The number of hydrogen-bond acceptors (Lipinski definition) is 3. The predicted octanol–water partition coefficient (Wildman–Crippen LogP) is 2.72. The fourth-order valence-electron chi connectivity index (χ4n) is 2.69. The van der Waals surface area contributed by atoms with E-state index in [9.17, 15) is 22.8 Å². The summed E-state index contributed by atoms with van der Waals surface area (Å²) in [7, 11) is 1.27. The minimum absolute atomic E-state index is 0.0168. The van der Waals surface area contributed by atoms with Gasteiger partial charge in [0.1, 0.15) is 5.75 Å². The number of rotatable bonds is 4. The normalized spacial score (nSPS) is 20.4. The number of ether oxygens (including phenoxy) is 1. The number of nitrogens with one attached hydrogen (secondary N) is 1. The smallest absolute Gasteiger partial charge is 0.416 e. The second-order valence-corrected chi connectivity index (χ2v) is 6.22. The average Bonchev–Trinajstić information content (AvgIpc) is 2.95. The third-order valence-electron chi connectivity index (χ3n) is 4.33. The van der Waals surface area contributed by atoms with Gasteiger partial charge in [-0.1, -0.05) is 6.07 Å². The van der Waals surface area contributed by atoms with E-state index in [1.165, 1.54) is 31.1 Å². The van der Waals surface area contributed by atoms with Crippen LogP contribution in [0.5, 0.6) is 5.75 Å². The van der Waals surface area contributed by atoms with Crippen molar-refractivity contribution in [1.82, 2.24) is 10.2 Å². The quantitative estimate of drug-likeness (QED) is 0.865. The fraction of sp³-hybridized carbons (Fsp3) is 0.500. The Bertz CT molecular complexity index is 678. The molecular weight excluding hydrogens is 341 g/mol. The van der Waals surface area contributed by atoms with Crippen molar-refractivity contribution >= 4 is 12.0 Å². The van der Waals surface area contributed by atoms with E-state index in [-0.39, 0.29) is 30.9 Å². The van der Waals surface area contributed by atoms with Gasteiger partial charge in [0.05, 0.1) is 18.1 Å². The number of nitrogens with zero attached hydrogens (tertiary/aromatic N) is 1. The zero-order valence-electron chi connectivity index (χ0n) is 13.8. The highest BCUT2D eigenvalue weighted by molar-refractivity contribution is 5.79. The molecule has 0 saturated carbocycles. The molecule has 0 radical (unpaired) electrons. The van der Waals surface area contributed by atoms with Gasteiger partial charge in [-0.3, -0.25) is 4.79 Å². The van der Waals surface area contributed by atoms with Crippen LogP contribution in [-0.4, -0.2) is 42.2 Å². The Hall–Kier alpha value is -2.45. The van der Waals surface area contributed by atoms with Crippen LogP contribution in [0.25, 0.3) is 0 Å².